The van der Waals surface area contributed by atoms with Crippen LogP contribution in [0.25, 0.3) is 0 Å². The molecule has 0 amide bonds. The molecule has 7 nitrogen and oxygen atoms in total. The van der Waals surface area contributed by atoms with Crippen LogP contribution in [0.15, 0.2) is 59.6 Å². The van der Waals surface area contributed by atoms with Gasteiger partial charge in [-0.2, -0.15) is 0 Å². The van der Waals surface area contributed by atoms with Crippen LogP contribution in [-0.2, 0) is 0 Å². The summed E-state index contributed by atoms with van der Waals surface area (Å²) in [5.41, 5.74) is 2.25. The molecule has 0 atom stereocenters. The van der Waals surface area contributed by atoms with Crippen LogP contribution >= 0.6 is 24.0 Å². The molecule has 8 heteroatoms. The van der Waals surface area contributed by atoms with Gasteiger partial charge in [-0.1, -0.05) is 30.3 Å². The van der Waals surface area contributed by atoms with E-state index < -0.39 is 0 Å². The van der Waals surface area contributed by atoms with E-state index in [4.69, 9.17) is 0 Å². The van der Waals surface area contributed by atoms with E-state index >= 15 is 0 Å². The van der Waals surface area contributed by atoms with Crippen LogP contribution in [0.5, 0.6) is 5.75 Å². The van der Waals surface area contributed by atoms with Crippen LogP contribution in [0.2, 0.25) is 0 Å². The van der Waals surface area contributed by atoms with E-state index in [9.17, 15) is 5.11 Å². The second kappa shape index (κ2) is 12.9. The molecular weight excluding hydrogens is 527 g/mol. The number of aromatic hydroxyl groups is 1. The monoisotopic (exact) mass is 564 g/mol. The van der Waals surface area contributed by atoms with E-state index in [-0.39, 0.29) is 24.0 Å². The lowest BCUT2D eigenvalue weighted by Crippen LogP contribution is -2.53. The van der Waals surface area contributed by atoms with Gasteiger partial charge in [0.15, 0.2) is 5.96 Å². The second-order valence-corrected chi connectivity index (χ2v) is 8.45. The number of anilines is 2. The Morgan fingerprint density at radius 3 is 2.15 bits per heavy atom. The number of nitrogens with zero attached hydrogens (tertiary/aromatic N) is 5. The number of halogens is 1. The Labute approximate surface area is 215 Å². The van der Waals surface area contributed by atoms with Crippen molar-refractivity contribution in [3.8, 4) is 5.75 Å². The molecule has 0 aliphatic carbocycles. The molecule has 2 aromatic rings. The number of benzene rings is 2. The summed E-state index contributed by atoms with van der Waals surface area (Å²) in [6, 6.07) is 18.3. The van der Waals surface area contributed by atoms with Crippen LogP contribution in [0.1, 0.15) is 6.42 Å². The summed E-state index contributed by atoms with van der Waals surface area (Å²) in [5.74, 6) is 1.34. The summed E-state index contributed by atoms with van der Waals surface area (Å²) in [5, 5.41) is 13.7. The zero-order chi connectivity index (χ0) is 22.2. The minimum absolute atomic E-state index is 0. The number of hydrogen-bond donors (Lipinski definition) is 2. The number of hydrogen-bond acceptors (Lipinski definition) is 5. The summed E-state index contributed by atoms with van der Waals surface area (Å²) in [7, 11) is 1.86. The SMILES string of the molecule is CN=C(NCCCN1CCN(c2ccccc2)CC1)N1CCN(c2ccccc2O)CC1.I. The number of nitrogens with one attached hydrogen (secondary N) is 1. The van der Waals surface area contributed by atoms with Crippen molar-refractivity contribution in [1.82, 2.24) is 15.1 Å². The lowest BCUT2D eigenvalue weighted by molar-refractivity contribution is 0.255. The molecule has 2 aliphatic heterocycles. The molecule has 180 valence electrons. The van der Waals surface area contributed by atoms with Crippen molar-refractivity contribution in [2.75, 3.05) is 82.3 Å². The third kappa shape index (κ3) is 6.89. The molecule has 0 bridgehead atoms. The van der Waals surface area contributed by atoms with Crippen molar-refractivity contribution in [3.63, 3.8) is 0 Å². The summed E-state index contributed by atoms with van der Waals surface area (Å²) in [6.45, 7) is 10.0. The first-order chi connectivity index (χ1) is 15.7. The molecule has 2 heterocycles. The maximum Gasteiger partial charge on any atom is 0.193 e. The Bertz CT molecular complexity index is 864. The molecule has 2 saturated heterocycles. The topological polar surface area (TPSA) is 57.6 Å². The summed E-state index contributed by atoms with van der Waals surface area (Å²) in [4.78, 5) is 14.1. The number of aliphatic imine (C=N–C) groups is 1. The standard InChI is InChI=1S/C25H36N6O.HI/c1-26-25(31-20-18-30(19-21-31)23-10-5-6-11-24(23)32)27-12-7-13-28-14-16-29(17-15-28)22-8-3-2-4-9-22;/h2-6,8-11,32H,7,12-21H2,1H3,(H,26,27);1H. The fourth-order valence-corrected chi connectivity index (χ4v) is 4.59. The summed E-state index contributed by atoms with van der Waals surface area (Å²) in [6.07, 6.45) is 1.11. The van der Waals surface area contributed by atoms with Crippen LogP contribution in [-0.4, -0.2) is 93.4 Å². The molecule has 33 heavy (non-hydrogen) atoms. The first-order valence-electron chi connectivity index (χ1n) is 11.8. The number of rotatable bonds is 6. The molecule has 0 radical (unpaired) electrons. The molecular formula is C25H37IN6O. The zero-order valence-corrected chi connectivity index (χ0v) is 21.9. The molecule has 2 fully saturated rings. The van der Waals surface area contributed by atoms with Crippen molar-refractivity contribution in [3.05, 3.63) is 54.6 Å². The van der Waals surface area contributed by atoms with Gasteiger partial charge in [0.05, 0.1) is 5.69 Å². The van der Waals surface area contributed by atoms with Gasteiger partial charge in [-0.3, -0.25) is 9.89 Å². The highest BCUT2D eigenvalue weighted by Gasteiger charge is 2.21. The van der Waals surface area contributed by atoms with Gasteiger partial charge in [0.25, 0.3) is 0 Å². The molecule has 0 unspecified atom stereocenters. The zero-order valence-electron chi connectivity index (χ0n) is 19.6. The molecule has 2 aromatic carbocycles. The molecule has 0 spiro atoms. The maximum atomic E-state index is 10.1. The lowest BCUT2D eigenvalue weighted by Gasteiger charge is -2.38. The smallest absolute Gasteiger partial charge is 0.193 e. The van der Waals surface area contributed by atoms with Gasteiger partial charge < -0.3 is 25.1 Å². The second-order valence-electron chi connectivity index (χ2n) is 8.45. The number of guanidine groups is 1. The molecule has 0 saturated carbocycles. The maximum absolute atomic E-state index is 10.1. The van der Waals surface area contributed by atoms with Gasteiger partial charge in [0.2, 0.25) is 0 Å². The fraction of sp³-hybridized carbons (Fsp3) is 0.480. The first-order valence-corrected chi connectivity index (χ1v) is 11.8. The van der Waals surface area contributed by atoms with Crippen molar-refractivity contribution in [1.29, 1.82) is 0 Å². The minimum atomic E-state index is 0. The highest BCUT2D eigenvalue weighted by Crippen LogP contribution is 2.27. The number of para-hydroxylation sites is 3. The summed E-state index contributed by atoms with van der Waals surface area (Å²) >= 11 is 0. The normalized spacial score (nSPS) is 17.6. The van der Waals surface area contributed by atoms with Gasteiger partial charge in [0.1, 0.15) is 5.75 Å². The average Bonchev–Trinajstić information content (AvgIpc) is 2.86. The fourth-order valence-electron chi connectivity index (χ4n) is 4.59. The van der Waals surface area contributed by atoms with E-state index in [1.165, 1.54) is 5.69 Å². The Balaban J connectivity index is 0.00000306. The Kier molecular flexibility index (Phi) is 9.93. The quantitative estimate of drug-likeness (QED) is 0.244. The van der Waals surface area contributed by atoms with Crippen molar-refractivity contribution < 1.29 is 5.11 Å². The van der Waals surface area contributed by atoms with Crippen molar-refractivity contribution in [2.45, 2.75) is 6.42 Å². The Morgan fingerprint density at radius 2 is 1.48 bits per heavy atom. The highest BCUT2D eigenvalue weighted by atomic mass is 127. The molecule has 2 aliphatic rings. The van der Waals surface area contributed by atoms with E-state index in [1.54, 1.807) is 6.07 Å². The highest BCUT2D eigenvalue weighted by molar-refractivity contribution is 14.0. The van der Waals surface area contributed by atoms with E-state index in [1.807, 2.05) is 25.2 Å². The van der Waals surface area contributed by atoms with Gasteiger partial charge in [0, 0.05) is 71.6 Å². The first kappa shape index (κ1) is 25.4. The largest absolute Gasteiger partial charge is 0.506 e. The van der Waals surface area contributed by atoms with Crippen LogP contribution < -0.4 is 15.1 Å². The van der Waals surface area contributed by atoms with Crippen LogP contribution in [0.4, 0.5) is 11.4 Å². The molecule has 0 aromatic heterocycles. The third-order valence-corrected chi connectivity index (χ3v) is 6.44. The summed E-state index contributed by atoms with van der Waals surface area (Å²) < 4.78 is 0. The van der Waals surface area contributed by atoms with Gasteiger partial charge >= 0.3 is 0 Å². The molecule has 2 N–H and O–H groups in total. The van der Waals surface area contributed by atoms with E-state index in [2.05, 4.69) is 60.2 Å². The number of phenols is 1. The predicted octanol–water partition coefficient (Wildman–Crippen LogP) is 2.92. The lowest BCUT2D eigenvalue weighted by atomic mass is 10.2. The van der Waals surface area contributed by atoms with Gasteiger partial charge in [-0.25, -0.2) is 0 Å². The van der Waals surface area contributed by atoms with Crippen LogP contribution in [0.3, 0.4) is 0 Å². The van der Waals surface area contributed by atoms with Crippen LogP contribution in [0, 0.1) is 0 Å². The Morgan fingerprint density at radius 1 is 0.848 bits per heavy atom. The van der Waals surface area contributed by atoms with Crippen molar-refractivity contribution >= 4 is 41.3 Å². The van der Waals surface area contributed by atoms with Gasteiger partial charge in [-0.15, -0.1) is 24.0 Å². The molecule has 4 rings (SSSR count). The third-order valence-electron chi connectivity index (χ3n) is 6.44. The average molecular weight is 565 g/mol. The van der Waals surface area contributed by atoms with E-state index in [0.29, 0.717) is 5.75 Å². The van der Waals surface area contributed by atoms with E-state index in [0.717, 1.165) is 83.5 Å². The Hall–Kier alpha value is -2.20. The predicted molar refractivity (Wildman–Crippen MR) is 148 cm³/mol. The number of piperazine rings is 2. The number of phenolic OH excluding ortho intramolecular Hbond substituents is 1. The minimum Gasteiger partial charge on any atom is -0.506 e. The van der Waals surface area contributed by atoms with Gasteiger partial charge in [-0.05, 0) is 37.2 Å². The van der Waals surface area contributed by atoms with Crippen molar-refractivity contribution in [2.24, 2.45) is 4.99 Å².